The summed E-state index contributed by atoms with van der Waals surface area (Å²) in [5.74, 6) is 1.60. The van der Waals surface area contributed by atoms with E-state index in [0.29, 0.717) is 25.6 Å². The van der Waals surface area contributed by atoms with Gasteiger partial charge in [-0.3, -0.25) is 9.89 Å². The Labute approximate surface area is 144 Å². The maximum Gasteiger partial charge on any atom is 0.243 e. The zero-order chi connectivity index (χ0) is 17.2. The third-order valence-electron chi connectivity index (χ3n) is 4.54. The van der Waals surface area contributed by atoms with Gasteiger partial charge >= 0.3 is 0 Å². The largest absolute Gasteiger partial charge is 0.377 e. The molecule has 1 aliphatic heterocycles. The lowest BCUT2D eigenvalue weighted by atomic mass is 10.2. The van der Waals surface area contributed by atoms with Crippen LogP contribution in [0.2, 0.25) is 0 Å². The van der Waals surface area contributed by atoms with E-state index in [4.69, 9.17) is 4.74 Å². The summed E-state index contributed by atoms with van der Waals surface area (Å²) in [6.07, 6.45) is 2.22. The number of morpholine rings is 1. The van der Waals surface area contributed by atoms with Crippen LogP contribution in [-0.4, -0.2) is 55.3 Å². The second-order valence-corrected chi connectivity index (χ2v) is 6.01. The molecule has 3 aromatic rings. The fourth-order valence-corrected chi connectivity index (χ4v) is 3.30. The molecule has 1 N–H and O–H groups in total. The van der Waals surface area contributed by atoms with E-state index in [9.17, 15) is 4.79 Å². The monoisotopic (exact) mass is 340 g/mol. The highest BCUT2D eigenvalue weighted by molar-refractivity contribution is 5.81. The molecule has 25 heavy (non-hydrogen) atoms. The zero-order valence-corrected chi connectivity index (χ0v) is 14.1. The van der Waals surface area contributed by atoms with Crippen LogP contribution in [0.5, 0.6) is 0 Å². The van der Waals surface area contributed by atoms with Gasteiger partial charge in [-0.15, -0.1) is 0 Å². The van der Waals surface area contributed by atoms with Crippen molar-refractivity contribution in [2.75, 3.05) is 19.8 Å². The first kappa shape index (κ1) is 15.8. The van der Waals surface area contributed by atoms with Gasteiger partial charge in [-0.25, -0.2) is 9.97 Å². The first-order valence-electron chi connectivity index (χ1n) is 8.44. The number of H-pyrrole nitrogens is 1. The van der Waals surface area contributed by atoms with Crippen molar-refractivity contribution >= 4 is 16.9 Å². The molecule has 0 bridgehead atoms. The molecule has 0 radical (unpaired) electrons. The SMILES string of the molecule is CCc1nc2ccccc2n1CC(=O)N1CCOCC1c1ncn[nH]1. The number of aromatic nitrogens is 5. The summed E-state index contributed by atoms with van der Waals surface area (Å²) in [6.45, 7) is 3.80. The number of fused-ring (bicyclic) bond motifs is 1. The van der Waals surface area contributed by atoms with E-state index in [-0.39, 0.29) is 18.5 Å². The summed E-state index contributed by atoms with van der Waals surface area (Å²) >= 11 is 0. The molecule has 4 rings (SSSR count). The highest BCUT2D eigenvalue weighted by atomic mass is 16.5. The summed E-state index contributed by atoms with van der Waals surface area (Å²) in [4.78, 5) is 23.7. The van der Waals surface area contributed by atoms with Gasteiger partial charge in [-0.1, -0.05) is 19.1 Å². The number of hydrogen-bond donors (Lipinski definition) is 1. The van der Waals surface area contributed by atoms with Gasteiger partial charge in [0.15, 0.2) is 0 Å². The minimum Gasteiger partial charge on any atom is -0.377 e. The number of carbonyl (C=O) groups excluding carboxylic acids is 1. The lowest BCUT2D eigenvalue weighted by Crippen LogP contribution is -2.45. The highest BCUT2D eigenvalue weighted by Crippen LogP contribution is 2.23. The van der Waals surface area contributed by atoms with Crippen molar-refractivity contribution in [2.24, 2.45) is 0 Å². The van der Waals surface area contributed by atoms with Gasteiger partial charge < -0.3 is 14.2 Å². The minimum absolute atomic E-state index is 0.0301. The van der Waals surface area contributed by atoms with E-state index in [0.717, 1.165) is 23.3 Å². The number of para-hydroxylation sites is 2. The number of benzene rings is 1. The molecule has 0 aliphatic carbocycles. The number of carbonyl (C=O) groups is 1. The predicted molar refractivity (Wildman–Crippen MR) is 90.8 cm³/mol. The molecular formula is C17H20N6O2. The van der Waals surface area contributed by atoms with Gasteiger partial charge in [0.2, 0.25) is 5.91 Å². The molecule has 1 aliphatic rings. The normalized spacial score (nSPS) is 18.0. The Kier molecular flexibility index (Phi) is 4.19. The first-order valence-corrected chi connectivity index (χ1v) is 8.44. The molecule has 8 heteroatoms. The number of amides is 1. The average Bonchev–Trinajstić information content (AvgIpc) is 3.30. The molecule has 1 fully saturated rings. The van der Waals surface area contributed by atoms with Gasteiger partial charge in [0.1, 0.15) is 30.6 Å². The Morgan fingerprint density at radius 1 is 1.40 bits per heavy atom. The maximum absolute atomic E-state index is 13.0. The van der Waals surface area contributed by atoms with Crippen molar-refractivity contribution in [1.29, 1.82) is 0 Å². The predicted octanol–water partition coefficient (Wildman–Crippen LogP) is 1.32. The van der Waals surface area contributed by atoms with Crippen molar-refractivity contribution < 1.29 is 9.53 Å². The fraction of sp³-hybridized carbons (Fsp3) is 0.412. The van der Waals surface area contributed by atoms with Crippen molar-refractivity contribution in [2.45, 2.75) is 25.9 Å². The van der Waals surface area contributed by atoms with Crippen molar-refractivity contribution in [3.8, 4) is 0 Å². The number of rotatable bonds is 4. The molecule has 2 aromatic heterocycles. The van der Waals surface area contributed by atoms with Gasteiger partial charge in [-0.05, 0) is 12.1 Å². The molecular weight excluding hydrogens is 320 g/mol. The number of aryl methyl sites for hydroxylation is 1. The second kappa shape index (κ2) is 6.64. The highest BCUT2D eigenvalue weighted by Gasteiger charge is 2.31. The van der Waals surface area contributed by atoms with E-state index in [1.165, 1.54) is 6.33 Å². The second-order valence-electron chi connectivity index (χ2n) is 6.01. The van der Waals surface area contributed by atoms with Crippen molar-refractivity contribution in [3.63, 3.8) is 0 Å². The molecule has 1 atom stereocenters. The molecule has 0 spiro atoms. The van der Waals surface area contributed by atoms with E-state index >= 15 is 0 Å². The summed E-state index contributed by atoms with van der Waals surface area (Å²) in [5.41, 5.74) is 1.90. The zero-order valence-electron chi connectivity index (χ0n) is 14.1. The standard InChI is InChI=1S/C17H20N6O2/c1-2-15-20-12-5-3-4-6-13(12)23(15)9-16(24)22-7-8-25-10-14(22)17-18-11-19-21-17/h3-6,11,14H,2,7-10H2,1H3,(H,18,19,21). The van der Waals surface area contributed by atoms with Gasteiger partial charge in [0, 0.05) is 13.0 Å². The number of nitrogens with one attached hydrogen (secondary N) is 1. The van der Waals surface area contributed by atoms with Crippen LogP contribution in [0.3, 0.4) is 0 Å². The smallest absolute Gasteiger partial charge is 0.243 e. The fourth-order valence-electron chi connectivity index (χ4n) is 3.30. The molecule has 0 saturated carbocycles. The Balaban J connectivity index is 1.63. The van der Waals surface area contributed by atoms with Crippen LogP contribution in [-0.2, 0) is 22.5 Å². The van der Waals surface area contributed by atoms with Crippen LogP contribution in [0.15, 0.2) is 30.6 Å². The number of hydrogen-bond acceptors (Lipinski definition) is 5. The maximum atomic E-state index is 13.0. The number of nitrogens with zero attached hydrogens (tertiary/aromatic N) is 5. The Morgan fingerprint density at radius 2 is 2.28 bits per heavy atom. The first-order chi connectivity index (χ1) is 12.3. The molecule has 3 heterocycles. The Morgan fingerprint density at radius 3 is 3.08 bits per heavy atom. The lowest BCUT2D eigenvalue weighted by Gasteiger charge is -2.34. The average molecular weight is 340 g/mol. The Hall–Kier alpha value is -2.74. The molecule has 1 amide bonds. The van der Waals surface area contributed by atoms with E-state index in [2.05, 4.69) is 20.2 Å². The van der Waals surface area contributed by atoms with Gasteiger partial charge in [0.25, 0.3) is 0 Å². The lowest BCUT2D eigenvalue weighted by molar-refractivity contribution is -0.141. The minimum atomic E-state index is -0.233. The summed E-state index contributed by atoms with van der Waals surface area (Å²) < 4.78 is 7.54. The third kappa shape index (κ3) is 2.89. The molecule has 1 unspecified atom stereocenters. The van der Waals surface area contributed by atoms with Crippen molar-refractivity contribution in [1.82, 2.24) is 29.6 Å². The summed E-state index contributed by atoms with van der Waals surface area (Å²) in [6, 6.07) is 7.67. The summed E-state index contributed by atoms with van der Waals surface area (Å²) in [7, 11) is 0. The third-order valence-corrected chi connectivity index (χ3v) is 4.54. The number of imidazole rings is 1. The van der Waals surface area contributed by atoms with E-state index in [1.54, 1.807) is 0 Å². The number of aromatic amines is 1. The van der Waals surface area contributed by atoms with Crippen LogP contribution >= 0.6 is 0 Å². The molecule has 1 aromatic carbocycles. The van der Waals surface area contributed by atoms with Gasteiger partial charge in [0.05, 0.1) is 24.2 Å². The van der Waals surface area contributed by atoms with Crippen LogP contribution in [0, 0.1) is 0 Å². The van der Waals surface area contributed by atoms with Crippen LogP contribution in [0.4, 0.5) is 0 Å². The van der Waals surface area contributed by atoms with Gasteiger partial charge in [-0.2, -0.15) is 5.10 Å². The van der Waals surface area contributed by atoms with E-state index in [1.807, 2.05) is 40.7 Å². The molecule has 8 nitrogen and oxygen atoms in total. The van der Waals surface area contributed by atoms with E-state index < -0.39 is 0 Å². The Bertz CT molecular complexity index is 873. The summed E-state index contributed by atoms with van der Waals surface area (Å²) in [5, 5.41) is 6.74. The van der Waals surface area contributed by atoms with Crippen LogP contribution in [0.25, 0.3) is 11.0 Å². The number of ether oxygens (including phenoxy) is 1. The quantitative estimate of drug-likeness (QED) is 0.774. The van der Waals surface area contributed by atoms with Crippen LogP contribution < -0.4 is 0 Å². The topological polar surface area (TPSA) is 88.9 Å². The molecule has 130 valence electrons. The van der Waals surface area contributed by atoms with Crippen LogP contribution in [0.1, 0.15) is 24.6 Å². The van der Waals surface area contributed by atoms with Crippen molar-refractivity contribution in [3.05, 3.63) is 42.2 Å². The molecule has 1 saturated heterocycles.